The van der Waals surface area contributed by atoms with Gasteiger partial charge in [0, 0.05) is 13.0 Å². The van der Waals surface area contributed by atoms with Crippen molar-refractivity contribution in [2.75, 3.05) is 6.61 Å². The minimum atomic E-state index is -0.992. The highest BCUT2D eigenvalue weighted by Crippen LogP contribution is 2.48. The molecule has 2 aliphatic heterocycles. The van der Waals surface area contributed by atoms with Crippen LogP contribution in [-0.4, -0.2) is 40.0 Å². The van der Waals surface area contributed by atoms with E-state index in [-0.39, 0.29) is 24.6 Å². The van der Waals surface area contributed by atoms with Crippen molar-refractivity contribution in [1.82, 2.24) is 9.80 Å². The Balaban J connectivity index is 1.60. The number of benzene rings is 3. The lowest BCUT2D eigenvalue weighted by atomic mass is 9.69. The lowest BCUT2D eigenvalue weighted by Gasteiger charge is -2.60. The number of rotatable bonds is 8. The Hall–Kier alpha value is -3.60. The second-order valence-corrected chi connectivity index (χ2v) is 10.0. The number of likely N-dealkylation sites (tertiary alicyclic amines) is 1. The van der Waals surface area contributed by atoms with Crippen molar-refractivity contribution >= 4 is 12.0 Å². The Kier molecular flexibility index (Phi) is 6.33. The number of hydrogen-bond acceptors (Lipinski definition) is 3. The van der Waals surface area contributed by atoms with Crippen LogP contribution < -0.4 is 0 Å². The molecule has 180 valence electrons. The highest BCUT2D eigenvalue weighted by atomic mass is 16.6. The monoisotopic (exact) mass is 468 g/mol. The van der Waals surface area contributed by atoms with Gasteiger partial charge in [0.05, 0.1) is 12.1 Å². The quantitative estimate of drug-likeness (QED) is 0.403. The second-order valence-electron chi connectivity index (χ2n) is 10.0. The van der Waals surface area contributed by atoms with Crippen molar-refractivity contribution in [1.29, 1.82) is 0 Å². The highest BCUT2D eigenvalue weighted by Gasteiger charge is 2.67. The summed E-state index contributed by atoms with van der Waals surface area (Å²) >= 11 is 0. The predicted molar refractivity (Wildman–Crippen MR) is 135 cm³/mol. The molecule has 2 amide bonds. The number of nitrogens with zero attached hydrogens (tertiary/aromatic N) is 2. The smallest absolute Gasteiger partial charge is 0.411 e. The van der Waals surface area contributed by atoms with Gasteiger partial charge in [-0.3, -0.25) is 9.69 Å². The van der Waals surface area contributed by atoms with E-state index in [9.17, 15) is 9.59 Å². The molecular weight excluding hydrogens is 436 g/mol. The van der Waals surface area contributed by atoms with Crippen LogP contribution in [0.3, 0.4) is 0 Å². The lowest BCUT2D eigenvalue weighted by Crippen LogP contribution is -2.81. The van der Waals surface area contributed by atoms with E-state index in [0.717, 1.165) is 23.1 Å². The lowest BCUT2D eigenvalue weighted by molar-refractivity contribution is -0.178. The van der Waals surface area contributed by atoms with Gasteiger partial charge in [0.25, 0.3) is 5.91 Å². The molecule has 0 unspecified atom stereocenters. The van der Waals surface area contributed by atoms with E-state index in [0.29, 0.717) is 18.9 Å². The van der Waals surface area contributed by atoms with Gasteiger partial charge in [-0.05, 0) is 29.0 Å². The highest BCUT2D eigenvalue weighted by molar-refractivity contribution is 5.98. The zero-order valence-corrected chi connectivity index (χ0v) is 20.3. The number of cyclic esters (lactones) is 1. The van der Waals surface area contributed by atoms with E-state index >= 15 is 0 Å². The van der Waals surface area contributed by atoms with E-state index in [2.05, 4.69) is 13.8 Å². The SMILES string of the molecule is CC(C)C[C@H]1N(Cc2ccccc2)C(=O)[C@@]1(Cc1ccccc1)N1C(=O)OC[C@@H]1c1ccccc1. The van der Waals surface area contributed by atoms with Crippen LogP contribution in [0.25, 0.3) is 0 Å². The van der Waals surface area contributed by atoms with Gasteiger partial charge in [-0.2, -0.15) is 0 Å². The number of ether oxygens (including phenoxy) is 1. The summed E-state index contributed by atoms with van der Waals surface area (Å²) in [4.78, 5) is 31.4. The molecular formula is C30H32N2O3. The molecule has 5 nitrogen and oxygen atoms in total. The Morgan fingerprint density at radius 3 is 2.03 bits per heavy atom. The molecule has 0 saturated carbocycles. The molecule has 35 heavy (non-hydrogen) atoms. The Morgan fingerprint density at radius 1 is 0.857 bits per heavy atom. The van der Waals surface area contributed by atoms with Crippen LogP contribution in [0.5, 0.6) is 0 Å². The summed E-state index contributed by atoms with van der Waals surface area (Å²) in [6.07, 6.45) is 0.862. The molecule has 0 aliphatic carbocycles. The van der Waals surface area contributed by atoms with Gasteiger partial charge >= 0.3 is 6.09 Å². The third-order valence-electron chi connectivity index (χ3n) is 7.25. The normalized spacial score (nSPS) is 24.0. The van der Waals surface area contributed by atoms with E-state index < -0.39 is 11.6 Å². The van der Waals surface area contributed by atoms with Gasteiger partial charge in [0.15, 0.2) is 0 Å². The zero-order valence-electron chi connectivity index (χ0n) is 20.3. The van der Waals surface area contributed by atoms with Crippen molar-refractivity contribution in [2.24, 2.45) is 5.92 Å². The molecule has 5 heteroatoms. The molecule has 0 bridgehead atoms. The summed E-state index contributed by atoms with van der Waals surface area (Å²) in [5, 5.41) is 0. The van der Waals surface area contributed by atoms with Crippen molar-refractivity contribution in [3.8, 4) is 0 Å². The fourth-order valence-corrected chi connectivity index (χ4v) is 5.69. The van der Waals surface area contributed by atoms with Crippen molar-refractivity contribution in [3.63, 3.8) is 0 Å². The molecule has 2 fully saturated rings. The number of carbonyl (C=O) groups excluding carboxylic acids is 2. The van der Waals surface area contributed by atoms with Crippen LogP contribution in [0.4, 0.5) is 4.79 Å². The van der Waals surface area contributed by atoms with Crippen LogP contribution >= 0.6 is 0 Å². The van der Waals surface area contributed by atoms with E-state index in [1.165, 1.54) is 0 Å². The van der Waals surface area contributed by atoms with Crippen molar-refractivity contribution in [3.05, 3.63) is 108 Å². The summed E-state index contributed by atoms with van der Waals surface area (Å²) < 4.78 is 5.62. The van der Waals surface area contributed by atoms with Crippen LogP contribution in [0.15, 0.2) is 91.0 Å². The van der Waals surface area contributed by atoms with Crippen LogP contribution in [0.1, 0.15) is 43.0 Å². The minimum absolute atomic E-state index is 0.00404. The first-order valence-corrected chi connectivity index (χ1v) is 12.4. The largest absolute Gasteiger partial charge is 0.447 e. The van der Waals surface area contributed by atoms with Gasteiger partial charge < -0.3 is 9.64 Å². The average molecular weight is 469 g/mol. The van der Waals surface area contributed by atoms with Crippen LogP contribution in [0, 0.1) is 5.92 Å². The summed E-state index contributed by atoms with van der Waals surface area (Å²) in [5.74, 6) is 0.353. The van der Waals surface area contributed by atoms with Crippen LogP contribution in [0.2, 0.25) is 0 Å². The molecule has 0 radical (unpaired) electrons. The van der Waals surface area contributed by atoms with Gasteiger partial charge in [-0.1, -0.05) is 105 Å². The maximum atomic E-state index is 14.3. The van der Waals surface area contributed by atoms with E-state index in [1.807, 2.05) is 95.9 Å². The molecule has 2 heterocycles. The summed E-state index contributed by atoms with van der Waals surface area (Å²) in [7, 11) is 0. The number of amides is 2. The van der Waals surface area contributed by atoms with Gasteiger partial charge in [0.1, 0.15) is 12.1 Å². The topological polar surface area (TPSA) is 49.9 Å². The first-order valence-electron chi connectivity index (χ1n) is 12.4. The fourth-order valence-electron chi connectivity index (χ4n) is 5.69. The molecule has 2 saturated heterocycles. The molecule has 0 N–H and O–H groups in total. The van der Waals surface area contributed by atoms with Gasteiger partial charge in [-0.25, -0.2) is 4.79 Å². The summed E-state index contributed by atoms with van der Waals surface area (Å²) in [6, 6.07) is 29.6. The fraction of sp³-hybridized carbons (Fsp3) is 0.333. The minimum Gasteiger partial charge on any atom is -0.447 e. The Bertz CT molecular complexity index is 1170. The average Bonchev–Trinajstić information content (AvgIpc) is 3.28. The Labute approximate surface area is 207 Å². The number of β-lactam (4-membered cyclic amide) rings is 1. The van der Waals surface area contributed by atoms with Crippen LogP contribution in [-0.2, 0) is 22.5 Å². The summed E-state index contributed by atoms with van der Waals surface area (Å²) in [6.45, 7) is 5.13. The van der Waals surface area contributed by atoms with Crippen molar-refractivity contribution < 1.29 is 14.3 Å². The van der Waals surface area contributed by atoms with Crippen molar-refractivity contribution in [2.45, 2.75) is 50.9 Å². The zero-order chi connectivity index (χ0) is 24.4. The maximum absolute atomic E-state index is 14.3. The molecule has 2 aliphatic rings. The third kappa shape index (κ3) is 4.20. The summed E-state index contributed by atoms with van der Waals surface area (Å²) in [5.41, 5.74) is 2.13. The molecule has 3 atom stereocenters. The molecule has 3 aromatic carbocycles. The molecule has 5 rings (SSSR count). The van der Waals surface area contributed by atoms with Gasteiger partial charge in [0.2, 0.25) is 0 Å². The molecule has 0 spiro atoms. The number of hydrogen-bond donors (Lipinski definition) is 0. The Morgan fingerprint density at radius 2 is 1.43 bits per heavy atom. The first kappa shape index (κ1) is 23.2. The second kappa shape index (κ2) is 9.57. The van der Waals surface area contributed by atoms with Gasteiger partial charge in [-0.15, -0.1) is 0 Å². The predicted octanol–water partition coefficient (Wildman–Crippen LogP) is 5.62. The molecule has 3 aromatic rings. The molecule has 0 aromatic heterocycles. The third-order valence-corrected chi connectivity index (χ3v) is 7.25. The first-order chi connectivity index (χ1) is 17.0. The number of carbonyl (C=O) groups is 2. The van der Waals surface area contributed by atoms with E-state index in [1.54, 1.807) is 4.90 Å². The standard InChI is InChI=1S/C30H32N2O3/c1-22(2)18-27-30(19-23-12-6-3-7-13-23,28(33)31(27)20-24-14-8-4-9-15-24)32-26(21-35-29(32)34)25-16-10-5-11-17-25/h3-17,22,26-27H,18-21H2,1-2H3/t26-,27-,30+/m1/s1. The van der Waals surface area contributed by atoms with E-state index in [4.69, 9.17) is 4.74 Å². The maximum Gasteiger partial charge on any atom is 0.411 e.